The molecule has 2 aromatic carbocycles. The summed E-state index contributed by atoms with van der Waals surface area (Å²) in [6.45, 7) is 4.84. The summed E-state index contributed by atoms with van der Waals surface area (Å²) in [7, 11) is -3.59. The van der Waals surface area contributed by atoms with Crippen molar-refractivity contribution < 1.29 is 13.2 Å². The molecule has 2 aromatic rings. The van der Waals surface area contributed by atoms with E-state index in [0.717, 1.165) is 46.1 Å². The van der Waals surface area contributed by atoms with Crippen LogP contribution in [0.1, 0.15) is 47.2 Å². The molecular weight excluding hydrogens is 487 g/mol. The molecule has 0 aromatic heterocycles. The van der Waals surface area contributed by atoms with Crippen molar-refractivity contribution in [3.8, 4) is 0 Å². The van der Waals surface area contributed by atoms with E-state index in [2.05, 4.69) is 27.9 Å². The Morgan fingerprint density at radius 3 is 2.29 bits per heavy atom. The fraction of sp³-hybridized carbons (Fsp3) is 0.381. The van der Waals surface area contributed by atoms with Gasteiger partial charge in [0.15, 0.2) is 0 Å². The van der Waals surface area contributed by atoms with Gasteiger partial charge < -0.3 is 5.32 Å². The minimum absolute atomic E-state index is 0.185. The molecule has 0 aliphatic carbocycles. The van der Waals surface area contributed by atoms with Crippen molar-refractivity contribution in [1.82, 2.24) is 4.31 Å². The molecule has 5 nitrogen and oxygen atoms in total. The van der Waals surface area contributed by atoms with E-state index in [-0.39, 0.29) is 10.8 Å². The van der Waals surface area contributed by atoms with Crippen LogP contribution < -0.4 is 5.32 Å². The van der Waals surface area contributed by atoms with Gasteiger partial charge in [0, 0.05) is 27.9 Å². The van der Waals surface area contributed by atoms with Gasteiger partial charge in [0.25, 0.3) is 5.91 Å². The number of aryl methyl sites for hydroxylation is 2. The standard InChI is InChI=1S/C21H25IN2O3S/c1-15-7-9-18(28(26,27)24-11-5-3-4-6-12-24)14-19(15)21(25)23-20-10-8-17(22)13-16(20)2/h7-10,13-14H,3-6,11-12H2,1-2H3,(H,23,25). The van der Waals surface area contributed by atoms with Gasteiger partial charge in [0.05, 0.1) is 4.90 Å². The summed E-state index contributed by atoms with van der Waals surface area (Å²) in [4.78, 5) is 13.0. The minimum Gasteiger partial charge on any atom is -0.322 e. The summed E-state index contributed by atoms with van der Waals surface area (Å²) < 4.78 is 28.8. The molecule has 0 atom stereocenters. The number of hydrogen-bond acceptors (Lipinski definition) is 3. The van der Waals surface area contributed by atoms with Crippen LogP contribution in [0.15, 0.2) is 41.3 Å². The molecule has 1 heterocycles. The van der Waals surface area contributed by atoms with Crippen molar-refractivity contribution in [2.75, 3.05) is 18.4 Å². The van der Waals surface area contributed by atoms with E-state index in [4.69, 9.17) is 0 Å². The maximum atomic E-state index is 13.1. The van der Waals surface area contributed by atoms with Crippen LogP contribution in [0.25, 0.3) is 0 Å². The van der Waals surface area contributed by atoms with Crippen LogP contribution in [0.5, 0.6) is 0 Å². The van der Waals surface area contributed by atoms with Gasteiger partial charge in [0.2, 0.25) is 10.0 Å². The lowest BCUT2D eigenvalue weighted by Crippen LogP contribution is -2.32. The molecule has 1 aliphatic rings. The number of carbonyl (C=O) groups excluding carboxylic acids is 1. The summed E-state index contributed by atoms with van der Waals surface area (Å²) in [5.74, 6) is -0.297. The molecular formula is C21H25IN2O3S. The zero-order chi connectivity index (χ0) is 20.3. The Morgan fingerprint density at radius 2 is 1.64 bits per heavy atom. The molecule has 150 valence electrons. The lowest BCUT2D eigenvalue weighted by molar-refractivity contribution is 0.102. The van der Waals surface area contributed by atoms with E-state index >= 15 is 0 Å². The molecule has 0 bridgehead atoms. The molecule has 1 fully saturated rings. The molecule has 1 saturated heterocycles. The zero-order valence-corrected chi connectivity index (χ0v) is 19.1. The highest BCUT2D eigenvalue weighted by Gasteiger charge is 2.26. The molecule has 0 spiro atoms. The largest absolute Gasteiger partial charge is 0.322 e. The zero-order valence-electron chi connectivity index (χ0n) is 16.2. The first-order valence-corrected chi connectivity index (χ1v) is 12.0. The van der Waals surface area contributed by atoms with E-state index < -0.39 is 10.0 Å². The quantitative estimate of drug-likeness (QED) is 0.603. The lowest BCUT2D eigenvalue weighted by Gasteiger charge is -2.20. The normalized spacial score (nSPS) is 15.8. The second-order valence-corrected chi connectivity index (χ2v) is 10.4. The molecule has 1 N–H and O–H groups in total. The summed E-state index contributed by atoms with van der Waals surface area (Å²) in [5, 5.41) is 2.91. The van der Waals surface area contributed by atoms with Gasteiger partial charge in [-0.15, -0.1) is 0 Å². The van der Waals surface area contributed by atoms with Gasteiger partial charge in [-0.3, -0.25) is 4.79 Å². The number of anilines is 1. The molecule has 28 heavy (non-hydrogen) atoms. The van der Waals surface area contributed by atoms with Crippen LogP contribution in [-0.2, 0) is 10.0 Å². The van der Waals surface area contributed by atoms with Crippen LogP contribution in [-0.4, -0.2) is 31.7 Å². The SMILES string of the molecule is Cc1cc(I)ccc1NC(=O)c1cc(S(=O)(=O)N2CCCCCC2)ccc1C. The van der Waals surface area contributed by atoms with Gasteiger partial charge in [-0.25, -0.2) is 8.42 Å². The van der Waals surface area contributed by atoms with E-state index in [1.165, 1.54) is 6.07 Å². The summed E-state index contributed by atoms with van der Waals surface area (Å²) >= 11 is 2.23. The van der Waals surface area contributed by atoms with Crippen molar-refractivity contribution in [2.45, 2.75) is 44.4 Å². The van der Waals surface area contributed by atoms with Crippen LogP contribution in [0.4, 0.5) is 5.69 Å². The van der Waals surface area contributed by atoms with E-state index in [9.17, 15) is 13.2 Å². The predicted octanol–water partition coefficient (Wildman–Crippen LogP) is 4.73. The van der Waals surface area contributed by atoms with Gasteiger partial charge in [-0.05, 0) is 90.7 Å². The number of sulfonamides is 1. The monoisotopic (exact) mass is 512 g/mol. The third kappa shape index (κ3) is 4.75. The molecule has 1 aliphatic heterocycles. The number of amides is 1. The Morgan fingerprint density at radius 1 is 0.964 bits per heavy atom. The Bertz CT molecular complexity index is 981. The van der Waals surface area contributed by atoms with Crippen LogP contribution in [0, 0.1) is 17.4 Å². The Balaban J connectivity index is 1.89. The highest BCUT2D eigenvalue weighted by molar-refractivity contribution is 14.1. The molecule has 3 rings (SSSR count). The summed E-state index contributed by atoms with van der Waals surface area (Å²) in [5.41, 5.74) is 2.82. The van der Waals surface area contributed by atoms with E-state index in [1.54, 1.807) is 16.4 Å². The molecule has 7 heteroatoms. The van der Waals surface area contributed by atoms with Crippen molar-refractivity contribution in [2.24, 2.45) is 0 Å². The van der Waals surface area contributed by atoms with Crippen molar-refractivity contribution in [3.63, 3.8) is 0 Å². The average Bonchev–Trinajstić information content (AvgIpc) is 2.94. The lowest BCUT2D eigenvalue weighted by atomic mass is 10.1. The Kier molecular flexibility index (Phi) is 6.77. The fourth-order valence-corrected chi connectivity index (χ4v) is 5.59. The maximum absolute atomic E-state index is 13.1. The number of benzene rings is 2. The van der Waals surface area contributed by atoms with Gasteiger partial charge in [-0.1, -0.05) is 18.9 Å². The number of hydrogen-bond donors (Lipinski definition) is 1. The van der Waals surface area contributed by atoms with Gasteiger partial charge in [0.1, 0.15) is 0 Å². The highest BCUT2D eigenvalue weighted by atomic mass is 127. The summed E-state index contributed by atoms with van der Waals surface area (Å²) in [6, 6.07) is 10.6. The highest BCUT2D eigenvalue weighted by Crippen LogP contribution is 2.24. The number of nitrogens with zero attached hydrogens (tertiary/aromatic N) is 1. The average molecular weight is 512 g/mol. The number of rotatable bonds is 4. The molecule has 0 radical (unpaired) electrons. The second-order valence-electron chi connectivity index (χ2n) is 7.21. The number of carbonyl (C=O) groups is 1. The third-order valence-corrected chi connectivity index (χ3v) is 7.66. The first-order valence-electron chi connectivity index (χ1n) is 9.47. The van der Waals surface area contributed by atoms with Crippen molar-refractivity contribution >= 4 is 44.2 Å². The molecule has 1 amide bonds. The molecule has 0 unspecified atom stereocenters. The topological polar surface area (TPSA) is 66.5 Å². The first kappa shape index (κ1) is 21.3. The minimum atomic E-state index is -3.59. The number of nitrogens with one attached hydrogen (secondary N) is 1. The smallest absolute Gasteiger partial charge is 0.255 e. The Labute approximate surface area is 180 Å². The fourth-order valence-electron chi connectivity index (χ4n) is 3.39. The third-order valence-electron chi connectivity index (χ3n) is 5.09. The Hall–Kier alpha value is -1.45. The summed E-state index contributed by atoms with van der Waals surface area (Å²) in [6.07, 6.45) is 3.88. The van der Waals surface area contributed by atoms with Gasteiger partial charge in [-0.2, -0.15) is 4.31 Å². The van der Waals surface area contributed by atoms with Crippen LogP contribution >= 0.6 is 22.6 Å². The first-order chi connectivity index (χ1) is 13.3. The second kappa shape index (κ2) is 8.92. The van der Waals surface area contributed by atoms with Crippen molar-refractivity contribution in [1.29, 1.82) is 0 Å². The van der Waals surface area contributed by atoms with Crippen LogP contribution in [0.2, 0.25) is 0 Å². The molecule has 0 saturated carbocycles. The maximum Gasteiger partial charge on any atom is 0.255 e. The van der Waals surface area contributed by atoms with Crippen molar-refractivity contribution in [3.05, 3.63) is 56.7 Å². The number of halogens is 1. The van der Waals surface area contributed by atoms with E-state index in [1.807, 2.05) is 32.0 Å². The van der Waals surface area contributed by atoms with E-state index in [0.29, 0.717) is 18.7 Å². The van der Waals surface area contributed by atoms with Gasteiger partial charge >= 0.3 is 0 Å². The van der Waals surface area contributed by atoms with Crippen LogP contribution in [0.3, 0.4) is 0 Å². The predicted molar refractivity (Wildman–Crippen MR) is 120 cm³/mol.